The fourth-order valence-corrected chi connectivity index (χ4v) is 3.42. The second-order valence-electron chi connectivity index (χ2n) is 7.35. The summed E-state index contributed by atoms with van der Waals surface area (Å²) in [6, 6.07) is 21.4. The van der Waals surface area contributed by atoms with Gasteiger partial charge in [-0.25, -0.2) is 10.4 Å². The van der Waals surface area contributed by atoms with E-state index in [0.29, 0.717) is 45.1 Å². The number of nitrogens with one attached hydrogen (secondary N) is 1. The quantitative estimate of drug-likeness (QED) is 0.269. The van der Waals surface area contributed by atoms with Gasteiger partial charge < -0.3 is 9.84 Å². The third kappa shape index (κ3) is 5.30. The van der Waals surface area contributed by atoms with E-state index in [-0.39, 0.29) is 11.7 Å². The van der Waals surface area contributed by atoms with Gasteiger partial charge in [-0.05, 0) is 42.8 Å². The van der Waals surface area contributed by atoms with Crippen molar-refractivity contribution in [2.45, 2.75) is 13.3 Å². The van der Waals surface area contributed by atoms with Gasteiger partial charge in [0.1, 0.15) is 11.5 Å². The lowest BCUT2D eigenvalue weighted by atomic mass is 10.0. The lowest BCUT2D eigenvalue weighted by Gasteiger charge is -2.09. The van der Waals surface area contributed by atoms with E-state index in [9.17, 15) is 9.90 Å². The Kier molecular flexibility index (Phi) is 6.86. The number of para-hydroxylation sites is 1. The summed E-state index contributed by atoms with van der Waals surface area (Å²) in [6.45, 7) is 2.58. The summed E-state index contributed by atoms with van der Waals surface area (Å²) in [5.41, 5.74) is 5.63. The molecule has 3 aromatic carbocycles. The maximum Gasteiger partial charge on any atom is 0.272 e. The number of fused-ring (bicyclic) bond motifs is 1. The Balaban J connectivity index is 1.58. The summed E-state index contributed by atoms with van der Waals surface area (Å²) >= 11 is 6.00. The van der Waals surface area contributed by atoms with Crippen molar-refractivity contribution in [1.82, 2.24) is 10.4 Å². The number of hydrazone groups is 1. The van der Waals surface area contributed by atoms with E-state index in [0.717, 1.165) is 12.0 Å². The lowest BCUT2D eigenvalue weighted by Crippen LogP contribution is -2.18. The fraction of sp³-hybridized carbons (Fsp3) is 0.115. The predicted molar refractivity (Wildman–Crippen MR) is 131 cm³/mol. The molecule has 0 unspecified atom stereocenters. The number of hydrogen-bond donors (Lipinski definition) is 2. The van der Waals surface area contributed by atoms with E-state index in [1.54, 1.807) is 30.3 Å². The van der Waals surface area contributed by atoms with Crippen molar-refractivity contribution >= 4 is 34.6 Å². The molecule has 0 aliphatic heterocycles. The monoisotopic (exact) mass is 459 g/mol. The highest BCUT2D eigenvalue weighted by Gasteiger charge is 2.13. The van der Waals surface area contributed by atoms with E-state index in [2.05, 4.69) is 15.5 Å². The number of ether oxygens (including phenoxy) is 1. The molecule has 4 rings (SSSR count). The normalized spacial score (nSPS) is 11.1. The maximum absolute atomic E-state index is 13.0. The molecular formula is C26H22ClN3O3. The molecule has 1 amide bonds. The summed E-state index contributed by atoms with van der Waals surface area (Å²) in [7, 11) is 0. The minimum atomic E-state index is -0.387. The van der Waals surface area contributed by atoms with Gasteiger partial charge in [-0.3, -0.25) is 4.79 Å². The summed E-state index contributed by atoms with van der Waals surface area (Å²) in [5.74, 6) is 0.206. The highest BCUT2D eigenvalue weighted by atomic mass is 35.5. The van der Waals surface area contributed by atoms with E-state index < -0.39 is 0 Å². The van der Waals surface area contributed by atoms with Gasteiger partial charge in [0.15, 0.2) is 0 Å². The van der Waals surface area contributed by atoms with Crippen LogP contribution in [0.15, 0.2) is 77.9 Å². The van der Waals surface area contributed by atoms with Gasteiger partial charge >= 0.3 is 0 Å². The van der Waals surface area contributed by atoms with Crippen molar-refractivity contribution in [2.75, 3.05) is 6.61 Å². The van der Waals surface area contributed by atoms with Gasteiger partial charge in [-0.1, -0.05) is 48.9 Å². The highest BCUT2D eigenvalue weighted by Crippen LogP contribution is 2.26. The van der Waals surface area contributed by atoms with Crippen LogP contribution in [-0.2, 0) is 0 Å². The van der Waals surface area contributed by atoms with Gasteiger partial charge in [-0.15, -0.1) is 0 Å². The summed E-state index contributed by atoms with van der Waals surface area (Å²) in [6.07, 6.45) is 2.26. The largest absolute Gasteiger partial charge is 0.507 e. The number of aromatic nitrogens is 1. The number of aromatic hydroxyl groups is 1. The van der Waals surface area contributed by atoms with Crippen molar-refractivity contribution in [3.05, 3.63) is 88.9 Å². The average Bonchev–Trinajstić information content (AvgIpc) is 2.83. The van der Waals surface area contributed by atoms with Crippen LogP contribution in [0, 0.1) is 0 Å². The van der Waals surface area contributed by atoms with Crippen molar-refractivity contribution in [2.24, 2.45) is 5.10 Å². The molecule has 0 atom stereocenters. The molecule has 1 aromatic heterocycles. The fourth-order valence-electron chi connectivity index (χ4n) is 3.29. The Morgan fingerprint density at radius 2 is 1.91 bits per heavy atom. The predicted octanol–water partition coefficient (Wildman–Crippen LogP) is 5.81. The van der Waals surface area contributed by atoms with Crippen LogP contribution in [0.5, 0.6) is 11.5 Å². The summed E-state index contributed by atoms with van der Waals surface area (Å²) in [4.78, 5) is 17.7. The second kappa shape index (κ2) is 10.1. The van der Waals surface area contributed by atoms with Crippen molar-refractivity contribution in [3.8, 4) is 22.8 Å². The van der Waals surface area contributed by atoms with Gasteiger partial charge in [0.25, 0.3) is 5.91 Å². The molecule has 0 saturated heterocycles. The molecule has 0 aliphatic carbocycles. The Hall–Kier alpha value is -3.90. The Morgan fingerprint density at radius 3 is 2.67 bits per heavy atom. The smallest absolute Gasteiger partial charge is 0.272 e. The van der Waals surface area contributed by atoms with Crippen molar-refractivity contribution in [1.29, 1.82) is 0 Å². The number of nitrogens with zero attached hydrogens (tertiary/aromatic N) is 2. The molecule has 0 fully saturated rings. The lowest BCUT2D eigenvalue weighted by molar-refractivity contribution is 0.0956. The topological polar surface area (TPSA) is 83.8 Å². The molecule has 1 heterocycles. The molecule has 6 nitrogen and oxygen atoms in total. The molecule has 0 spiro atoms. The SMILES string of the molecule is CCCOc1ccc(C=NNC(=O)c2cc(-c3ccc(Cl)cc3)nc3ccccc23)c(O)c1. The molecule has 166 valence electrons. The molecule has 0 bridgehead atoms. The molecular weight excluding hydrogens is 438 g/mol. The Bertz CT molecular complexity index is 1320. The number of phenolic OH excluding ortho intramolecular Hbond substituents is 1. The number of carbonyl (C=O) groups is 1. The van der Waals surface area contributed by atoms with Crippen LogP contribution >= 0.6 is 11.6 Å². The molecule has 0 saturated carbocycles. The minimum absolute atomic E-state index is 0.0148. The third-order valence-corrected chi connectivity index (χ3v) is 5.20. The van der Waals surface area contributed by atoms with Crippen LogP contribution in [0.25, 0.3) is 22.2 Å². The van der Waals surface area contributed by atoms with Crippen LogP contribution < -0.4 is 10.2 Å². The summed E-state index contributed by atoms with van der Waals surface area (Å²) < 4.78 is 5.50. The van der Waals surface area contributed by atoms with E-state index in [1.807, 2.05) is 43.3 Å². The number of phenols is 1. The number of benzene rings is 3. The molecule has 0 aliphatic rings. The first-order chi connectivity index (χ1) is 16.0. The van der Waals surface area contributed by atoms with E-state index in [4.69, 9.17) is 16.3 Å². The van der Waals surface area contributed by atoms with Gasteiger partial charge in [0, 0.05) is 27.6 Å². The van der Waals surface area contributed by atoms with Gasteiger partial charge in [0.05, 0.1) is 29.6 Å². The number of carbonyl (C=O) groups excluding carboxylic acids is 1. The van der Waals surface area contributed by atoms with Gasteiger partial charge in [0.2, 0.25) is 0 Å². The number of hydrogen-bond acceptors (Lipinski definition) is 5. The molecule has 0 radical (unpaired) electrons. The van der Waals surface area contributed by atoms with E-state index in [1.165, 1.54) is 12.3 Å². The zero-order chi connectivity index (χ0) is 23.2. The zero-order valence-electron chi connectivity index (χ0n) is 18.0. The number of halogens is 1. The average molecular weight is 460 g/mol. The molecule has 4 aromatic rings. The van der Waals surface area contributed by atoms with E-state index >= 15 is 0 Å². The van der Waals surface area contributed by atoms with Gasteiger partial charge in [-0.2, -0.15) is 5.10 Å². The Labute approximate surface area is 196 Å². The Morgan fingerprint density at radius 1 is 1.12 bits per heavy atom. The van der Waals surface area contributed by atoms with Crippen molar-refractivity contribution < 1.29 is 14.6 Å². The first-order valence-corrected chi connectivity index (χ1v) is 10.9. The first-order valence-electron chi connectivity index (χ1n) is 10.5. The van der Waals surface area contributed by atoms with Crippen molar-refractivity contribution in [3.63, 3.8) is 0 Å². The first kappa shape index (κ1) is 22.3. The van der Waals surface area contributed by atoms with Crippen LogP contribution in [0.2, 0.25) is 5.02 Å². The number of amides is 1. The van der Waals surface area contributed by atoms with Crippen LogP contribution in [-0.4, -0.2) is 28.8 Å². The summed E-state index contributed by atoms with van der Waals surface area (Å²) in [5, 5.41) is 15.6. The van der Waals surface area contributed by atoms with Crippen LogP contribution in [0.3, 0.4) is 0 Å². The van der Waals surface area contributed by atoms with Crippen LogP contribution in [0.4, 0.5) is 0 Å². The number of pyridine rings is 1. The minimum Gasteiger partial charge on any atom is -0.507 e. The molecule has 7 heteroatoms. The standard InChI is InChI=1S/C26H22ClN3O3/c1-2-13-33-20-12-9-18(25(31)14-20)16-28-30-26(32)22-15-24(17-7-10-19(27)11-8-17)29-23-6-4-3-5-21(22)23/h3-12,14-16,31H,2,13H2,1H3,(H,30,32). The second-order valence-corrected chi connectivity index (χ2v) is 7.78. The number of rotatable bonds is 7. The highest BCUT2D eigenvalue weighted by molar-refractivity contribution is 6.30. The molecule has 2 N–H and O–H groups in total. The molecule has 33 heavy (non-hydrogen) atoms. The third-order valence-electron chi connectivity index (χ3n) is 4.95. The maximum atomic E-state index is 13.0. The van der Waals surface area contributed by atoms with Crippen LogP contribution in [0.1, 0.15) is 29.3 Å². The zero-order valence-corrected chi connectivity index (χ0v) is 18.7.